The fourth-order valence-corrected chi connectivity index (χ4v) is 6.95. The van der Waals surface area contributed by atoms with Crippen molar-refractivity contribution in [1.82, 2.24) is 18.4 Å². The predicted molar refractivity (Wildman–Crippen MR) is 104 cm³/mol. The normalized spacial score (nSPS) is 19.5. The highest BCUT2D eigenvalue weighted by atomic mass is 32.2. The van der Waals surface area contributed by atoms with Gasteiger partial charge in [-0.1, -0.05) is 6.07 Å². The van der Waals surface area contributed by atoms with E-state index in [0.29, 0.717) is 37.4 Å². The van der Waals surface area contributed by atoms with Crippen molar-refractivity contribution in [2.45, 2.75) is 42.4 Å². The SMILES string of the molecule is Cc1ccc(-n2cc(S(=O)(=O)N3CCCC3)cn2)cc1S(=O)(=O)N1CCCC1. The van der Waals surface area contributed by atoms with E-state index < -0.39 is 20.0 Å². The molecule has 2 fully saturated rings. The van der Waals surface area contributed by atoms with Gasteiger partial charge in [0.1, 0.15) is 4.90 Å². The maximum Gasteiger partial charge on any atom is 0.246 e. The Balaban J connectivity index is 1.68. The first kappa shape index (κ1) is 19.6. The van der Waals surface area contributed by atoms with E-state index in [1.54, 1.807) is 25.1 Å². The number of hydrogen-bond donors (Lipinski definition) is 0. The summed E-state index contributed by atoms with van der Waals surface area (Å²) in [6, 6.07) is 5.05. The van der Waals surface area contributed by atoms with Crippen molar-refractivity contribution in [1.29, 1.82) is 0 Å². The van der Waals surface area contributed by atoms with Gasteiger partial charge in [-0.05, 0) is 50.3 Å². The van der Waals surface area contributed by atoms with Gasteiger partial charge in [-0.25, -0.2) is 21.5 Å². The van der Waals surface area contributed by atoms with Crippen LogP contribution in [0.4, 0.5) is 0 Å². The second kappa shape index (κ2) is 7.25. The Morgan fingerprint density at radius 1 is 0.857 bits per heavy atom. The number of benzene rings is 1. The quantitative estimate of drug-likeness (QED) is 0.729. The summed E-state index contributed by atoms with van der Waals surface area (Å²) in [5.41, 5.74) is 1.18. The van der Waals surface area contributed by atoms with Crippen molar-refractivity contribution >= 4 is 20.0 Å². The molecule has 0 spiro atoms. The first-order chi connectivity index (χ1) is 13.3. The topological polar surface area (TPSA) is 92.6 Å². The van der Waals surface area contributed by atoms with Crippen molar-refractivity contribution in [3.8, 4) is 5.69 Å². The molecule has 2 aromatic rings. The summed E-state index contributed by atoms with van der Waals surface area (Å²) in [5.74, 6) is 0. The largest absolute Gasteiger partial charge is 0.246 e. The van der Waals surface area contributed by atoms with E-state index in [9.17, 15) is 16.8 Å². The summed E-state index contributed by atoms with van der Waals surface area (Å²) in [7, 11) is -7.13. The Kier molecular flexibility index (Phi) is 5.07. The van der Waals surface area contributed by atoms with E-state index >= 15 is 0 Å². The molecule has 1 aromatic heterocycles. The van der Waals surface area contributed by atoms with Gasteiger partial charge in [0.05, 0.1) is 23.0 Å². The molecule has 0 atom stereocenters. The highest BCUT2D eigenvalue weighted by molar-refractivity contribution is 7.89. The average molecular weight is 425 g/mol. The Morgan fingerprint density at radius 2 is 1.43 bits per heavy atom. The molecule has 0 aliphatic carbocycles. The second-order valence-corrected chi connectivity index (χ2v) is 11.1. The lowest BCUT2D eigenvalue weighted by molar-refractivity contribution is 0.476. The molecule has 2 saturated heterocycles. The third kappa shape index (κ3) is 3.38. The molecule has 28 heavy (non-hydrogen) atoms. The van der Waals surface area contributed by atoms with Crippen molar-refractivity contribution in [2.24, 2.45) is 0 Å². The van der Waals surface area contributed by atoms with Crippen molar-refractivity contribution < 1.29 is 16.8 Å². The Labute approximate surface area is 165 Å². The van der Waals surface area contributed by atoms with E-state index in [-0.39, 0.29) is 9.79 Å². The highest BCUT2D eigenvalue weighted by Crippen LogP contribution is 2.27. The standard InChI is InChI=1S/C18H24N4O4S2/c1-15-6-7-16(12-18(15)28(25,26)21-10-4-5-11-21)22-14-17(13-19-22)27(23,24)20-8-2-3-9-20/h6-7,12-14H,2-5,8-11H2,1H3. The zero-order valence-corrected chi connectivity index (χ0v) is 17.4. The van der Waals surface area contributed by atoms with Crippen LogP contribution in [0.2, 0.25) is 0 Å². The molecule has 4 rings (SSSR count). The van der Waals surface area contributed by atoms with Crippen LogP contribution in [0.1, 0.15) is 31.2 Å². The summed E-state index contributed by atoms with van der Waals surface area (Å²) in [4.78, 5) is 0.366. The monoisotopic (exact) mass is 424 g/mol. The van der Waals surface area contributed by atoms with Crippen molar-refractivity contribution in [2.75, 3.05) is 26.2 Å². The lowest BCUT2D eigenvalue weighted by atomic mass is 10.2. The minimum Gasteiger partial charge on any atom is -0.240 e. The third-order valence-corrected chi connectivity index (χ3v) is 9.27. The lowest BCUT2D eigenvalue weighted by Crippen LogP contribution is -2.28. The molecule has 8 nitrogen and oxygen atoms in total. The van der Waals surface area contributed by atoms with Crippen LogP contribution in [0.5, 0.6) is 0 Å². The zero-order valence-electron chi connectivity index (χ0n) is 15.8. The molecular formula is C18H24N4O4S2. The number of aromatic nitrogens is 2. The first-order valence-corrected chi connectivity index (χ1v) is 12.3. The number of aryl methyl sites for hydroxylation is 1. The summed E-state index contributed by atoms with van der Waals surface area (Å²) >= 11 is 0. The summed E-state index contributed by atoms with van der Waals surface area (Å²) in [6.45, 7) is 3.88. The molecule has 0 bridgehead atoms. The van der Waals surface area contributed by atoms with Crippen molar-refractivity contribution in [3.63, 3.8) is 0 Å². The molecule has 2 aliphatic rings. The Bertz CT molecular complexity index is 1080. The van der Waals surface area contributed by atoms with Crippen LogP contribution in [-0.4, -0.2) is 61.4 Å². The van der Waals surface area contributed by atoms with Gasteiger partial charge in [0.25, 0.3) is 0 Å². The Morgan fingerprint density at radius 3 is 2.04 bits per heavy atom. The van der Waals surface area contributed by atoms with Gasteiger partial charge >= 0.3 is 0 Å². The molecule has 0 N–H and O–H groups in total. The van der Waals surface area contributed by atoms with Crippen LogP contribution in [0.3, 0.4) is 0 Å². The van der Waals surface area contributed by atoms with Gasteiger partial charge in [-0.2, -0.15) is 13.7 Å². The molecular weight excluding hydrogens is 400 g/mol. The summed E-state index contributed by atoms with van der Waals surface area (Å²) in [6.07, 6.45) is 6.24. The molecule has 10 heteroatoms. The van der Waals surface area contributed by atoms with Crippen LogP contribution < -0.4 is 0 Å². The lowest BCUT2D eigenvalue weighted by Gasteiger charge is -2.18. The van der Waals surface area contributed by atoms with Gasteiger partial charge < -0.3 is 0 Å². The minimum absolute atomic E-state index is 0.124. The smallest absolute Gasteiger partial charge is 0.240 e. The van der Waals surface area contributed by atoms with Crippen LogP contribution in [-0.2, 0) is 20.0 Å². The van der Waals surface area contributed by atoms with Gasteiger partial charge in [0.15, 0.2) is 0 Å². The van der Waals surface area contributed by atoms with Crippen LogP contribution in [0.15, 0.2) is 40.4 Å². The van der Waals surface area contributed by atoms with Crippen LogP contribution in [0, 0.1) is 6.92 Å². The van der Waals surface area contributed by atoms with Gasteiger partial charge in [-0.3, -0.25) is 0 Å². The molecule has 2 aliphatic heterocycles. The van der Waals surface area contributed by atoms with Gasteiger partial charge in [-0.15, -0.1) is 0 Å². The van der Waals surface area contributed by atoms with Crippen LogP contribution >= 0.6 is 0 Å². The van der Waals surface area contributed by atoms with E-state index in [0.717, 1.165) is 25.7 Å². The molecule has 0 amide bonds. The summed E-state index contributed by atoms with van der Waals surface area (Å²) < 4.78 is 55.7. The van der Waals surface area contributed by atoms with E-state index in [4.69, 9.17) is 0 Å². The first-order valence-electron chi connectivity index (χ1n) is 9.46. The molecule has 1 aromatic carbocycles. The fraction of sp³-hybridized carbons (Fsp3) is 0.500. The van der Waals surface area contributed by atoms with E-state index in [1.165, 1.54) is 25.7 Å². The minimum atomic E-state index is -3.57. The number of sulfonamides is 2. The third-order valence-electron chi connectivity index (χ3n) is 5.38. The molecule has 0 radical (unpaired) electrons. The van der Waals surface area contributed by atoms with Gasteiger partial charge in [0, 0.05) is 26.2 Å². The predicted octanol–water partition coefficient (Wildman–Crippen LogP) is 1.75. The van der Waals surface area contributed by atoms with E-state index in [2.05, 4.69) is 5.10 Å². The molecule has 0 unspecified atom stereocenters. The number of nitrogens with zero attached hydrogens (tertiary/aromatic N) is 4. The van der Waals surface area contributed by atoms with Crippen LogP contribution in [0.25, 0.3) is 5.69 Å². The molecule has 3 heterocycles. The maximum atomic E-state index is 13.0. The maximum absolute atomic E-state index is 13.0. The fourth-order valence-electron chi connectivity index (χ4n) is 3.73. The second-order valence-electron chi connectivity index (χ2n) is 7.29. The zero-order chi connectivity index (χ0) is 19.9. The molecule has 0 saturated carbocycles. The average Bonchev–Trinajstić information content (AvgIpc) is 3.44. The number of rotatable bonds is 5. The number of hydrogen-bond acceptors (Lipinski definition) is 5. The molecule has 152 valence electrons. The van der Waals surface area contributed by atoms with Crippen molar-refractivity contribution in [3.05, 3.63) is 36.2 Å². The van der Waals surface area contributed by atoms with E-state index in [1.807, 2.05) is 0 Å². The van der Waals surface area contributed by atoms with Gasteiger partial charge in [0.2, 0.25) is 20.0 Å². The summed E-state index contributed by atoms with van der Waals surface area (Å²) in [5, 5.41) is 4.18. The highest BCUT2D eigenvalue weighted by Gasteiger charge is 2.30. The Hall–Kier alpha value is -1.75.